The lowest BCUT2D eigenvalue weighted by atomic mass is 10.1. The van der Waals surface area contributed by atoms with Crippen LogP contribution in [0.2, 0.25) is 5.02 Å². The average molecular weight is 357 g/mol. The molecule has 0 aliphatic rings. The van der Waals surface area contributed by atoms with Crippen LogP contribution in [0, 0.1) is 6.92 Å². The summed E-state index contributed by atoms with van der Waals surface area (Å²) >= 11 is 5.93. The molecule has 0 aliphatic heterocycles. The van der Waals surface area contributed by atoms with E-state index in [1.807, 2.05) is 25.1 Å². The quantitative estimate of drug-likeness (QED) is 0.719. The topological polar surface area (TPSA) is 64.4 Å². The van der Waals surface area contributed by atoms with Crippen LogP contribution in [-0.2, 0) is 4.79 Å². The van der Waals surface area contributed by atoms with E-state index in [0.717, 1.165) is 11.1 Å². The lowest BCUT2D eigenvalue weighted by molar-refractivity contribution is -0.122. The second-order valence-corrected chi connectivity index (χ2v) is 6.04. The Kier molecular flexibility index (Phi) is 5.05. The van der Waals surface area contributed by atoms with Gasteiger partial charge in [0.25, 0.3) is 5.91 Å². The summed E-state index contributed by atoms with van der Waals surface area (Å²) in [4.78, 5) is 16.3. The van der Waals surface area contributed by atoms with Crippen molar-refractivity contribution in [2.24, 2.45) is 0 Å². The van der Waals surface area contributed by atoms with Gasteiger partial charge in [-0.25, -0.2) is 4.98 Å². The second-order valence-electron chi connectivity index (χ2n) is 5.61. The third kappa shape index (κ3) is 4.19. The number of nitrogens with zero attached hydrogens (tertiary/aromatic N) is 1. The highest BCUT2D eigenvalue weighted by atomic mass is 35.5. The normalized spacial score (nSPS) is 11.8. The molecule has 3 rings (SSSR count). The number of carbonyl (C=O) groups is 1. The summed E-state index contributed by atoms with van der Waals surface area (Å²) in [6.45, 7) is 3.58. The van der Waals surface area contributed by atoms with Crippen LogP contribution in [0.4, 0.5) is 5.69 Å². The Morgan fingerprint density at radius 2 is 2.12 bits per heavy atom. The summed E-state index contributed by atoms with van der Waals surface area (Å²) in [6, 6.07) is 12.6. The molecule has 0 bridgehead atoms. The van der Waals surface area contributed by atoms with Gasteiger partial charge in [-0.15, -0.1) is 0 Å². The van der Waals surface area contributed by atoms with Gasteiger partial charge in [0.1, 0.15) is 5.75 Å². The predicted octanol–water partition coefficient (Wildman–Crippen LogP) is 4.71. The molecule has 1 N–H and O–H groups in total. The Bertz CT molecular complexity index is 878. The smallest absolute Gasteiger partial charge is 0.265 e. The average Bonchev–Trinajstić information content (AvgIpc) is 3.12. The summed E-state index contributed by atoms with van der Waals surface area (Å²) < 4.78 is 11.0. The van der Waals surface area contributed by atoms with Crippen molar-refractivity contribution in [3.8, 4) is 17.1 Å². The summed E-state index contributed by atoms with van der Waals surface area (Å²) in [5.74, 6) is 1.02. The number of benzene rings is 2. The standard InChI is InChI=1S/C19H17ClN2O3/c1-12-8-15(20)6-7-17(12)25-13(2)19(23)22-16-5-3-4-14(9-16)18-10-21-11-24-18/h3-11,13H,1-2H3,(H,22,23). The first-order chi connectivity index (χ1) is 12.0. The molecular formula is C19H17ClN2O3. The number of anilines is 1. The van der Waals surface area contributed by atoms with Crippen LogP contribution in [0.1, 0.15) is 12.5 Å². The number of ether oxygens (including phenoxy) is 1. The minimum atomic E-state index is -0.659. The monoisotopic (exact) mass is 356 g/mol. The van der Waals surface area contributed by atoms with Crippen molar-refractivity contribution in [3.63, 3.8) is 0 Å². The van der Waals surface area contributed by atoms with Gasteiger partial charge >= 0.3 is 0 Å². The van der Waals surface area contributed by atoms with Gasteiger partial charge in [-0.3, -0.25) is 4.79 Å². The Hall–Kier alpha value is -2.79. The van der Waals surface area contributed by atoms with Crippen LogP contribution < -0.4 is 10.1 Å². The fraction of sp³-hybridized carbons (Fsp3) is 0.158. The van der Waals surface area contributed by atoms with E-state index in [9.17, 15) is 4.79 Å². The van der Waals surface area contributed by atoms with E-state index < -0.39 is 6.10 Å². The minimum absolute atomic E-state index is 0.246. The van der Waals surface area contributed by atoms with E-state index in [-0.39, 0.29) is 5.91 Å². The molecule has 1 heterocycles. The molecule has 5 nitrogen and oxygen atoms in total. The SMILES string of the molecule is Cc1cc(Cl)ccc1OC(C)C(=O)Nc1cccc(-c2cnco2)c1. The van der Waals surface area contributed by atoms with Gasteiger partial charge in [-0.2, -0.15) is 0 Å². The summed E-state index contributed by atoms with van der Waals surface area (Å²) in [7, 11) is 0. The highest BCUT2D eigenvalue weighted by Gasteiger charge is 2.16. The number of rotatable bonds is 5. The van der Waals surface area contributed by atoms with E-state index in [0.29, 0.717) is 22.2 Å². The largest absolute Gasteiger partial charge is 0.481 e. The van der Waals surface area contributed by atoms with Crippen LogP contribution in [0.15, 0.2) is 59.5 Å². The maximum absolute atomic E-state index is 12.4. The first-order valence-corrected chi connectivity index (χ1v) is 8.13. The van der Waals surface area contributed by atoms with Gasteiger partial charge < -0.3 is 14.5 Å². The summed E-state index contributed by atoms with van der Waals surface area (Å²) in [6.07, 6.45) is 2.33. The lowest BCUT2D eigenvalue weighted by Gasteiger charge is -2.16. The Labute approximate surface area is 150 Å². The fourth-order valence-electron chi connectivity index (χ4n) is 2.34. The molecule has 0 fully saturated rings. The van der Waals surface area contributed by atoms with Crippen LogP contribution >= 0.6 is 11.6 Å². The first kappa shape index (κ1) is 17.0. The summed E-state index contributed by atoms with van der Waals surface area (Å²) in [5, 5.41) is 3.47. The van der Waals surface area contributed by atoms with Crippen molar-refractivity contribution >= 4 is 23.2 Å². The molecule has 3 aromatic rings. The number of oxazole rings is 1. The molecule has 0 spiro atoms. The third-order valence-electron chi connectivity index (χ3n) is 3.66. The zero-order valence-corrected chi connectivity index (χ0v) is 14.6. The van der Waals surface area contributed by atoms with E-state index in [4.69, 9.17) is 20.8 Å². The van der Waals surface area contributed by atoms with Gasteiger partial charge in [-0.05, 0) is 49.7 Å². The Morgan fingerprint density at radius 1 is 1.28 bits per heavy atom. The van der Waals surface area contributed by atoms with Crippen LogP contribution in [-0.4, -0.2) is 17.0 Å². The lowest BCUT2D eigenvalue weighted by Crippen LogP contribution is -2.30. The number of carbonyl (C=O) groups excluding carboxylic acids is 1. The predicted molar refractivity (Wildman–Crippen MR) is 96.8 cm³/mol. The molecule has 0 radical (unpaired) electrons. The number of nitrogens with one attached hydrogen (secondary N) is 1. The number of hydrogen-bond donors (Lipinski definition) is 1. The highest BCUT2D eigenvalue weighted by Crippen LogP contribution is 2.24. The van der Waals surface area contributed by atoms with E-state index in [1.54, 1.807) is 37.4 Å². The van der Waals surface area contributed by atoms with Crippen molar-refractivity contribution in [2.45, 2.75) is 20.0 Å². The Morgan fingerprint density at radius 3 is 2.84 bits per heavy atom. The van der Waals surface area contributed by atoms with Gasteiger partial charge in [0.05, 0.1) is 6.20 Å². The van der Waals surface area contributed by atoms with Crippen molar-refractivity contribution in [1.29, 1.82) is 0 Å². The molecule has 0 saturated heterocycles. The number of aromatic nitrogens is 1. The molecule has 25 heavy (non-hydrogen) atoms. The molecule has 0 aliphatic carbocycles. The fourth-order valence-corrected chi connectivity index (χ4v) is 2.57. The van der Waals surface area contributed by atoms with E-state index in [1.165, 1.54) is 6.39 Å². The van der Waals surface area contributed by atoms with Gasteiger partial charge in [0.2, 0.25) is 0 Å². The molecular weight excluding hydrogens is 340 g/mol. The van der Waals surface area contributed by atoms with E-state index >= 15 is 0 Å². The second kappa shape index (κ2) is 7.40. The number of aryl methyl sites for hydroxylation is 1. The van der Waals surface area contributed by atoms with E-state index in [2.05, 4.69) is 10.3 Å². The molecule has 128 valence electrons. The number of amides is 1. The zero-order chi connectivity index (χ0) is 17.8. The molecule has 1 unspecified atom stereocenters. The van der Waals surface area contributed by atoms with Gasteiger partial charge in [0, 0.05) is 16.3 Å². The third-order valence-corrected chi connectivity index (χ3v) is 3.89. The summed E-state index contributed by atoms with van der Waals surface area (Å²) in [5.41, 5.74) is 2.36. The molecule has 1 amide bonds. The van der Waals surface area contributed by atoms with Gasteiger partial charge in [-0.1, -0.05) is 23.7 Å². The van der Waals surface area contributed by atoms with Crippen molar-refractivity contribution in [3.05, 3.63) is 65.6 Å². The molecule has 2 aromatic carbocycles. The van der Waals surface area contributed by atoms with Crippen LogP contribution in [0.5, 0.6) is 5.75 Å². The molecule has 1 atom stereocenters. The van der Waals surface area contributed by atoms with Gasteiger partial charge in [0.15, 0.2) is 18.3 Å². The zero-order valence-electron chi connectivity index (χ0n) is 13.8. The first-order valence-electron chi connectivity index (χ1n) is 7.75. The molecule has 6 heteroatoms. The Balaban J connectivity index is 1.68. The number of halogens is 1. The molecule has 1 aromatic heterocycles. The van der Waals surface area contributed by atoms with Crippen molar-refractivity contribution in [1.82, 2.24) is 4.98 Å². The highest BCUT2D eigenvalue weighted by molar-refractivity contribution is 6.30. The molecule has 0 saturated carbocycles. The van der Waals surface area contributed by atoms with Crippen LogP contribution in [0.3, 0.4) is 0 Å². The maximum Gasteiger partial charge on any atom is 0.265 e. The minimum Gasteiger partial charge on any atom is -0.481 e. The number of hydrogen-bond acceptors (Lipinski definition) is 4. The maximum atomic E-state index is 12.4. The van der Waals surface area contributed by atoms with Crippen molar-refractivity contribution in [2.75, 3.05) is 5.32 Å². The van der Waals surface area contributed by atoms with Crippen LogP contribution in [0.25, 0.3) is 11.3 Å². The van der Waals surface area contributed by atoms with Crippen molar-refractivity contribution < 1.29 is 13.9 Å².